The van der Waals surface area contributed by atoms with Crippen molar-refractivity contribution in [2.45, 2.75) is 26.2 Å². The van der Waals surface area contributed by atoms with Gasteiger partial charge in [0.05, 0.1) is 5.69 Å². The fraction of sp³-hybridized carbons (Fsp3) is 0.455. The molecular weight excluding hydrogens is 201 g/mol. The minimum atomic E-state index is -0.283. The lowest BCUT2D eigenvalue weighted by Crippen LogP contribution is -2.02. The van der Waals surface area contributed by atoms with Gasteiger partial charge in [-0.05, 0) is 24.6 Å². The molecule has 0 saturated carbocycles. The molecule has 0 heterocycles. The monoisotopic (exact) mass is 215 g/mol. The number of halogens is 2. The first-order valence-electron chi connectivity index (χ1n) is 4.93. The highest BCUT2D eigenvalue weighted by molar-refractivity contribution is 6.30. The van der Waals surface area contributed by atoms with E-state index >= 15 is 0 Å². The van der Waals surface area contributed by atoms with Crippen LogP contribution >= 0.6 is 11.6 Å². The zero-order valence-electron chi connectivity index (χ0n) is 8.32. The molecule has 1 aromatic carbocycles. The Bertz CT molecular complexity index is 289. The van der Waals surface area contributed by atoms with Gasteiger partial charge in [-0.2, -0.15) is 0 Å². The van der Waals surface area contributed by atoms with E-state index in [0.29, 0.717) is 10.7 Å². The number of unbranched alkanes of at least 4 members (excludes halogenated alkanes) is 2. The molecule has 0 atom stereocenters. The van der Waals surface area contributed by atoms with Crippen LogP contribution in [-0.4, -0.2) is 6.54 Å². The van der Waals surface area contributed by atoms with Crippen LogP contribution in [0.2, 0.25) is 5.02 Å². The molecule has 0 saturated heterocycles. The van der Waals surface area contributed by atoms with Gasteiger partial charge >= 0.3 is 0 Å². The Morgan fingerprint density at radius 3 is 2.79 bits per heavy atom. The molecule has 1 N–H and O–H groups in total. The first-order chi connectivity index (χ1) is 6.74. The molecule has 14 heavy (non-hydrogen) atoms. The van der Waals surface area contributed by atoms with Gasteiger partial charge in [-0.15, -0.1) is 0 Å². The van der Waals surface area contributed by atoms with E-state index in [-0.39, 0.29) is 5.82 Å². The van der Waals surface area contributed by atoms with E-state index in [1.54, 1.807) is 12.1 Å². The number of rotatable bonds is 5. The Kier molecular flexibility index (Phi) is 4.74. The summed E-state index contributed by atoms with van der Waals surface area (Å²) in [4.78, 5) is 0. The van der Waals surface area contributed by atoms with Gasteiger partial charge in [0.1, 0.15) is 5.82 Å². The average molecular weight is 216 g/mol. The summed E-state index contributed by atoms with van der Waals surface area (Å²) in [5.74, 6) is -0.283. The smallest absolute Gasteiger partial charge is 0.147 e. The standard InChI is InChI=1S/C11H15ClFN/c1-2-3-4-7-14-11-6-5-9(12)8-10(11)13/h5-6,8,14H,2-4,7H2,1H3. The van der Waals surface area contributed by atoms with E-state index < -0.39 is 0 Å². The van der Waals surface area contributed by atoms with Gasteiger partial charge < -0.3 is 5.32 Å². The summed E-state index contributed by atoms with van der Waals surface area (Å²) in [5, 5.41) is 3.47. The zero-order chi connectivity index (χ0) is 10.4. The third kappa shape index (κ3) is 3.54. The summed E-state index contributed by atoms with van der Waals surface area (Å²) in [5.41, 5.74) is 0.533. The van der Waals surface area contributed by atoms with Gasteiger partial charge in [0.15, 0.2) is 0 Å². The summed E-state index contributed by atoms with van der Waals surface area (Å²) >= 11 is 5.63. The largest absolute Gasteiger partial charge is 0.383 e. The lowest BCUT2D eigenvalue weighted by molar-refractivity contribution is 0.628. The predicted molar refractivity (Wildman–Crippen MR) is 59.4 cm³/mol. The summed E-state index contributed by atoms with van der Waals surface area (Å²) in [7, 11) is 0. The van der Waals surface area contributed by atoms with Crippen LogP contribution in [0.25, 0.3) is 0 Å². The van der Waals surface area contributed by atoms with Gasteiger partial charge in [-0.1, -0.05) is 31.4 Å². The second kappa shape index (κ2) is 5.86. The van der Waals surface area contributed by atoms with Crippen molar-refractivity contribution in [1.82, 2.24) is 0 Å². The highest BCUT2D eigenvalue weighted by atomic mass is 35.5. The van der Waals surface area contributed by atoms with E-state index in [0.717, 1.165) is 13.0 Å². The van der Waals surface area contributed by atoms with E-state index in [1.165, 1.54) is 18.9 Å². The summed E-state index contributed by atoms with van der Waals surface area (Å²) < 4.78 is 13.2. The van der Waals surface area contributed by atoms with Crippen LogP contribution in [0, 0.1) is 5.82 Å². The Morgan fingerprint density at radius 2 is 2.14 bits per heavy atom. The molecule has 0 radical (unpaired) electrons. The average Bonchev–Trinajstić information content (AvgIpc) is 2.15. The minimum Gasteiger partial charge on any atom is -0.383 e. The molecule has 0 aliphatic heterocycles. The van der Waals surface area contributed by atoms with Crippen LogP contribution < -0.4 is 5.32 Å². The Hall–Kier alpha value is -0.760. The molecular formula is C11H15ClFN. The topological polar surface area (TPSA) is 12.0 Å². The summed E-state index contributed by atoms with van der Waals surface area (Å²) in [6, 6.07) is 4.68. The molecule has 3 heteroatoms. The highest BCUT2D eigenvalue weighted by Gasteiger charge is 2.00. The van der Waals surface area contributed by atoms with Crippen LogP contribution in [0.1, 0.15) is 26.2 Å². The van der Waals surface area contributed by atoms with Gasteiger partial charge in [-0.3, -0.25) is 0 Å². The summed E-state index contributed by atoms with van der Waals surface area (Å²) in [6.45, 7) is 2.95. The SMILES string of the molecule is CCCCCNc1ccc(Cl)cc1F. The second-order valence-corrected chi connectivity index (χ2v) is 3.69. The highest BCUT2D eigenvalue weighted by Crippen LogP contribution is 2.18. The fourth-order valence-electron chi connectivity index (χ4n) is 1.23. The second-order valence-electron chi connectivity index (χ2n) is 3.26. The number of hydrogen-bond donors (Lipinski definition) is 1. The van der Waals surface area contributed by atoms with Crippen LogP contribution in [0.5, 0.6) is 0 Å². The molecule has 0 bridgehead atoms. The van der Waals surface area contributed by atoms with Gasteiger partial charge in [0.25, 0.3) is 0 Å². The number of hydrogen-bond acceptors (Lipinski definition) is 1. The van der Waals surface area contributed by atoms with Crippen molar-refractivity contribution in [3.63, 3.8) is 0 Å². The molecule has 0 aliphatic carbocycles. The maximum absolute atomic E-state index is 13.2. The van der Waals surface area contributed by atoms with Gasteiger partial charge in [0, 0.05) is 11.6 Å². The first kappa shape index (κ1) is 11.3. The van der Waals surface area contributed by atoms with Crippen LogP contribution in [0.4, 0.5) is 10.1 Å². The minimum absolute atomic E-state index is 0.283. The van der Waals surface area contributed by atoms with Crippen LogP contribution in [0.15, 0.2) is 18.2 Å². The molecule has 0 spiro atoms. The van der Waals surface area contributed by atoms with E-state index in [9.17, 15) is 4.39 Å². The normalized spacial score (nSPS) is 10.2. The lowest BCUT2D eigenvalue weighted by atomic mass is 10.2. The third-order valence-corrected chi connectivity index (χ3v) is 2.26. The summed E-state index contributed by atoms with van der Waals surface area (Å²) in [6.07, 6.45) is 3.41. The molecule has 1 nitrogen and oxygen atoms in total. The van der Waals surface area contributed by atoms with Crippen LogP contribution in [0.3, 0.4) is 0 Å². The molecule has 0 aromatic heterocycles. The van der Waals surface area contributed by atoms with E-state index in [2.05, 4.69) is 12.2 Å². The maximum Gasteiger partial charge on any atom is 0.147 e. The molecule has 0 unspecified atom stereocenters. The molecule has 1 rings (SSSR count). The number of nitrogens with one attached hydrogen (secondary N) is 1. The fourth-order valence-corrected chi connectivity index (χ4v) is 1.39. The van der Waals surface area contributed by atoms with Crippen molar-refractivity contribution in [2.75, 3.05) is 11.9 Å². The molecule has 1 aromatic rings. The van der Waals surface area contributed by atoms with Crippen molar-refractivity contribution in [3.05, 3.63) is 29.0 Å². The first-order valence-corrected chi connectivity index (χ1v) is 5.30. The number of benzene rings is 1. The molecule has 0 fully saturated rings. The van der Waals surface area contributed by atoms with E-state index in [1.807, 2.05) is 0 Å². The Morgan fingerprint density at radius 1 is 1.36 bits per heavy atom. The molecule has 78 valence electrons. The van der Waals surface area contributed by atoms with Crippen LogP contribution in [-0.2, 0) is 0 Å². The van der Waals surface area contributed by atoms with E-state index in [4.69, 9.17) is 11.6 Å². The van der Waals surface area contributed by atoms with Crippen molar-refractivity contribution in [1.29, 1.82) is 0 Å². The lowest BCUT2D eigenvalue weighted by Gasteiger charge is -2.06. The zero-order valence-corrected chi connectivity index (χ0v) is 9.07. The number of anilines is 1. The Labute approximate surface area is 89.3 Å². The third-order valence-electron chi connectivity index (χ3n) is 2.03. The maximum atomic E-state index is 13.2. The van der Waals surface area contributed by atoms with Gasteiger partial charge in [0.2, 0.25) is 0 Å². The predicted octanol–water partition coefficient (Wildman–Crippen LogP) is 4.08. The van der Waals surface area contributed by atoms with Crippen molar-refractivity contribution in [3.8, 4) is 0 Å². The molecule has 0 aliphatic rings. The quantitative estimate of drug-likeness (QED) is 0.730. The van der Waals surface area contributed by atoms with Crippen molar-refractivity contribution in [2.24, 2.45) is 0 Å². The van der Waals surface area contributed by atoms with Crippen molar-refractivity contribution < 1.29 is 4.39 Å². The molecule has 0 amide bonds. The van der Waals surface area contributed by atoms with Gasteiger partial charge in [-0.25, -0.2) is 4.39 Å². The Balaban J connectivity index is 2.42. The van der Waals surface area contributed by atoms with Crippen molar-refractivity contribution >= 4 is 17.3 Å².